The fourth-order valence-electron chi connectivity index (χ4n) is 4.27. The first-order chi connectivity index (χ1) is 15.5. The summed E-state index contributed by atoms with van der Waals surface area (Å²) in [5.41, 5.74) is 1.87. The van der Waals surface area contributed by atoms with E-state index in [1.54, 1.807) is 19.0 Å². The van der Waals surface area contributed by atoms with Crippen molar-refractivity contribution in [3.8, 4) is 0 Å². The number of carbonyl (C=O) groups is 1. The zero-order valence-corrected chi connectivity index (χ0v) is 23.4. The van der Waals surface area contributed by atoms with Crippen LogP contribution in [0.1, 0.15) is 49.5 Å². The predicted molar refractivity (Wildman–Crippen MR) is 148 cm³/mol. The molecule has 2 N–H and O–H groups in total. The predicted octanol–water partition coefficient (Wildman–Crippen LogP) is 3.24. The van der Waals surface area contributed by atoms with Crippen LogP contribution in [0.5, 0.6) is 0 Å². The van der Waals surface area contributed by atoms with E-state index in [4.69, 9.17) is 9.73 Å². The van der Waals surface area contributed by atoms with Crippen LogP contribution >= 0.6 is 24.0 Å². The van der Waals surface area contributed by atoms with Gasteiger partial charge in [0.2, 0.25) is 0 Å². The highest BCUT2D eigenvalue weighted by Gasteiger charge is 2.26. The second kappa shape index (κ2) is 16.3. The van der Waals surface area contributed by atoms with Crippen molar-refractivity contribution in [3.63, 3.8) is 0 Å². The lowest BCUT2D eigenvalue weighted by Gasteiger charge is -2.38. The molecular weight excluding hydrogens is 529 g/mol. The summed E-state index contributed by atoms with van der Waals surface area (Å²) in [7, 11) is 3.56. The largest absolute Gasteiger partial charge is 0.379 e. The first-order valence-corrected chi connectivity index (χ1v) is 12.1. The maximum Gasteiger partial charge on any atom is 0.253 e. The molecule has 1 aromatic carbocycles. The molecule has 7 nitrogen and oxygen atoms in total. The summed E-state index contributed by atoms with van der Waals surface area (Å²) in [6, 6.07) is 8.32. The van der Waals surface area contributed by atoms with Crippen molar-refractivity contribution in [2.75, 3.05) is 60.0 Å². The van der Waals surface area contributed by atoms with Gasteiger partial charge >= 0.3 is 0 Å². The van der Waals surface area contributed by atoms with Gasteiger partial charge in [0.25, 0.3) is 5.91 Å². The lowest BCUT2D eigenvalue weighted by atomic mass is 9.92. The number of nitrogens with one attached hydrogen (secondary N) is 2. The van der Waals surface area contributed by atoms with Crippen LogP contribution in [0.3, 0.4) is 0 Å². The van der Waals surface area contributed by atoms with Crippen LogP contribution < -0.4 is 10.6 Å². The van der Waals surface area contributed by atoms with Crippen LogP contribution in [-0.4, -0.2) is 87.7 Å². The van der Waals surface area contributed by atoms with E-state index in [9.17, 15) is 4.79 Å². The molecule has 1 saturated heterocycles. The van der Waals surface area contributed by atoms with Gasteiger partial charge in [0, 0.05) is 51.9 Å². The van der Waals surface area contributed by atoms with Crippen LogP contribution in [0, 0.1) is 5.92 Å². The topological polar surface area (TPSA) is 69.2 Å². The Morgan fingerprint density at radius 2 is 1.85 bits per heavy atom. The molecule has 1 aromatic rings. The maximum absolute atomic E-state index is 12.2. The lowest BCUT2D eigenvalue weighted by Crippen LogP contribution is -2.49. The number of nitrogens with zero attached hydrogens (tertiary/aromatic N) is 3. The molecule has 33 heavy (non-hydrogen) atoms. The number of ether oxygens (including phenoxy) is 1. The highest BCUT2D eigenvalue weighted by molar-refractivity contribution is 14.0. The van der Waals surface area contributed by atoms with Gasteiger partial charge in [-0.2, -0.15) is 0 Å². The van der Waals surface area contributed by atoms with Gasteiger partial charge in [-0.05, 0) is 37.0 Å². The SMILES string of the molecule is CCNC(=NCC(C(CC)CC)N1CCOCC1)NCCc1cccc(C(=O)N(C)C)c1.I. The number of rotatable bonds is 11. The lowest BCUT2D eigenvalue weighted by molar-refractivity contribution is 0.00395. The minimum absolute atomic E-state index is 0. The zero-order chi connectivity index (χ0) is 23.3. The molecule has 0 bridgehead atoms. The van der Waals surface area contributed by atoms with E-state index >= 15 is 0 Å². The Bertz CT molecular complexity index is 719. The van der Waals surface area contributed by atoms with Gasteiger partial charge in [-0.25, -0.2) is 0 Å². The Morgan fingerprint density at radius 3 is 2.45 bits per heavy atom. The molecule has 0 radical (unpaired) electrons. The zero-order valence-electron chi connectivity index (χ0n) is 21.1. The third kappa shape index (κ3) is 9.78. The minimum atomic E-state index is 0. The molecule has 188 valence electrons. The third-order valence-electron chi connectivity index (χ3n) is 6.17. The number of hydrogen-bond donors (Lipinski definition) is 2. The normalized spacial score (nSPS) is 15.6. The highest BCUT2D eigenvalue weighted by atomic mass is 127. The summed E-state index contributed by atoms with van der Waals surface area (Å²) in [6.07, 6.45) is 3.17. The Labute approximate surface area is 217 Å². The molecule has 1 heterocycles. The van der Waals surface area contributed by atoms with Crippen molar-refractivity contribution in [1.29, 1.82) is 0 Å². The van der Waals surface area contributed by atoms with Crippen LogP contribution in [0.25, 0.3) is 0 Å². The fraction of sp³-hybridized carbons (Fsp3) is 0.680. The number of benzene rings is 1. The van der Waals surface area contributed by atoms with Crippen molar-refractivity contribution >= 4 is 35.8 Å². The number of carbonyl (C=O) groups excluding carboxylic acids is 1. The molecule has 1 unspecified atom stereocenters. The van der Waals surface area contributed by atoms with Gasteiger partial charge in [0.05, 0.1) is 19.8 Å². The van der Waals surface area contributed by atoms with E-state index in [1.807, 2.05) is 18.2 Å². The van der Waals surface area contributed by atoms with E-state index in [1.165, 1.54) is 12.8 Å². The van der Waals surface area contributed by atoms with E-state index in [2.05, 4.69) is 42.4 Å². The van der Waals surface area contributed by atoms with Crippen LogP contribution in [0.15, 0.2) is 29.3 Å². The Balaban J connectivity index is 0.00000544. The van der Waals surface area contributed by atoms with Crippen LogP contribution in [0.2, 0.25) is 0 Å². The number of morpholine rings is 1. The Morgan fingerprint density at radius 1 is 1.15 bits per heavy atom. The molecule has 2 rings (SSSR count). The second-order valence-electron chi connectivity index (χ2n) is 8.59. The van der Waals surface area contributed by atoms with E-state index in [-0.39, 0.29) is 29.9 Å². The summed E-state index contributed by atoms with van der Waals surface area (Å²) in [5.74, 6) is 1.53. The van der Waals surface area contributed by atoms with Crippen LogP contribution in [-0.2, 0) is 11.2 Å². The average Bonchev–Trinajstić information content (AvgIpc) is 2.81. The molecule has 0 spiro atoms. The summed E-state index contributed by atoms with van der Waals surface area (Å²) < 4.78 is 5.57. The number of halogens is 1. The number of amides is 1. The van der Waals surface area contributed by atoms with Crippen molar-refractivity contribution in [1.82, 2.24) is 20.4 Å². The maximum atomic E-state index is 12.2. The first-order valence-electron chi connectivity index (χ1n) is 12.1. The average molecular weight is 574 g/mol. The number of hydrogen-bond acceptors (Lipinski definition) is 4. The second-order valence-corrected chi connectivity index (χ2v) is 8.59. The summed E-state index contributed by atoms with van der Waals surface area (Å²) >= 11 is 0. The first kappa shape index (κ1) is 29.6. The van der Waals surface area contributed by atoms with Gasteiger partial charge in [0.15, 0.2) is 5.96 Å². The monoisotopic (exact) mass is 573 g/mol. The smallest absolute Gasteiger partial charge is 0.253 e. The summed E-state index contributed by atoms with van der Waals surface area (Å²) in [6.45, 7) is 12.6. The van der Waals surface area contributed by atoms with Gasteiger partial charge in [0.1, 0.15) is 0 Å². The van der Waals surface area contributed by atoms with Gasteiger partial charge < -0.3 is 20.3 Å². The summed E-state index contributed by atoms with van der Waals surface area (Å²) in [4.78, 5) is 21.3. The number of guanidine groups is 1. The Kier molecular flexibility index (Phi) is 14.6. The molecule has 1 aliphatic rings. The van der Waals surface area contributed by atoms with Crippen molar-refractivity contribution < 1.29 is 9.53 Å². The molecule has 1 amide bonds. The molecule has 0 aliphatic carbocycles. The Hall–Kier alpha value is -1.39. The molecule has 0 aromatic heterocycles. The summed E-state index contributed by atoms with van der Waals surface area (Å²) in [5, 5.41) is 6.86. The van der Waals surface area contributed by atoms with E-state index < -0.39 is 0 Å². The van der Waals surface area contributed by atoms with Crippen LogP contribution in [0.4, 0.5) is 0 Å². The minimum Gasteiger partial charge on any atom is -0.379 e. The van der Waals surface area contributed by atoms with Crippen molar-refractivity contribution in [3.05, 3.63) is 35.4 Å². The molecule has 1 atom stereocenters. The van der Waals surface area contributed by atoms with E-state index in [0.717, 1.165) is 69.4 Å². The number of aliphatic imine (C=N–C) groups is 1. The quantitative estimate of drug-likeness (QED) is 0.242. The fourth-order valence-corrected chi connectivity index (χ4v) is 4.27. The van der Waals surface area contributed by atoms with Crippen molar-refractivity contribution in [2.24, 2.45) is 10.9 Å². The van der Waals surface area contributed by atoms with Gasteiger partial charge in [-0.1, -0.05) is 38.8 Å². The molecular formula is C25H44IN5O2. The van der Waals surface area contributed by atoms with Gasteiger partial charge in [-0.15, -0.1) is 24.0 Å². The standard InChI is InChI=1S/C25H43N5O2.HI/c1-6-21(7-2)23(30-14-16-32-17-15-30)19-28-25(26-8-3)27-13-12-20-10-9-11-22(18-20)24(31)29(4)5;/h9-11,18,21,23H,6-8,12-17,19H2,1-5H3,(H2,26,27,28);1H. The molecule has 1 fully saturated rings. The highest BCUT2D eigenvalue weighted by Crippen LogP contribution is 2.20. The third-order valence-corrected chi connectivity index (χ3v) is 6.17. The molecule has 8 heteroatoms. The molecule has 1 aliphatic heterocycles. The van der Waals surface area contributed by atoms with Gasteiger partial charge in [-0.3, -0.25) is 14.7 Å². The molecule has 0 saturated carbocycles. The van der Waals surface area contributed by atoms with Crippen molar-refractivity contribution in [2.45, 2.75) is 46.1 Å². The van der Waals surface area contributed by atoms with E-state index in [0.29, 0.717) is 12.0 Å².